The molecule has 1 fully saturated rings. The first-order valence-corrected chi connectivity index (χ1v) is 10.7. The summed E-state index contributed by atoms with van der Waals surface area (Å²) < 4.78 is 5.90. The van der Waals surface area contributed by atoms with Crippen LogP contribution in [0.2, 0.25) is 0 Å². The molecule has 2 heterocycles. The van der Waals surface area contributed by atoms with Gasteiger partial charge < -0.3 is 15.0 Å². The Morgan fingerprint density at radius 3 is 2.58 bits per heavy atom. The van der Waals surface area contributed by atoms with Gasteiger partial charge in [0, 0.05) is 24.3 Å². The van der Waals surface area contributed by atoms with E-state index in [1.54, 1.807) is 6.92 Å². The number of hydrogen-bond acceptors (Lipinski definition) is 5. The zero-order chi connectivity index (χ0) is 21.8. The highest BCUT2D eigenvalue weighted by Crippen LogP contribution is 2.24. The van der Waals surface area contributed by atoms with E-state index in [1.807, 2.05) is 68.4 Å². The number of carbonyl (C=O) groups is 1. The van der Waals surface area contributed by atoms with Crippen molar-refractivity contribution < 1.29 is 9.53 Å². The molecule has 1 amide bonds. The van der Waals surface area contributed by atoms with E-state index in [1.165, 1.54) is 12.8 Å². The van der Waals surface area contributed by atoms with Gasteiger partial charge in [0.15, 0.2) is 11.9 Å². The predicted octanol–water partition coefficient (Wildman–Crippen LogP) is 4.77. The number of anilines is 2. The Hall–Kier alpha value is -3.41. The molecule has 4 rings (SSSR count). The third-order valence-electron chi connectivity index (χ3n) is 5.52. The number of benzene rings is 2. The first kappa shape index (κ1) is 20.8. The van der Waals surface area contributed by atoms with Crippen LogP contribution in [0.3, 0.4) is 0 Å². The molecule has 160 valence electrons. The molecule has 0 radical (unpaired) electrons. The first-order valence-electron chi connectivity index (χ1n) is 10.7. The molecule has 1 aliphatic rings. The molecule has 1 N–H and O–H groups in total. The van der Waals surface area contributed by atoms with Crippen molar-refractivity contribution in [2.75, 3.05) is 23.3 Å². The second-order valence-corrected chi connectivity index (χ2v) is 8.07. The SMILES string of the molecule is Cc1ccc(C)c(OC(C)C(=O)Nc2cccc(-c3ccc(N4CCCC4)nn3)c2)c1. The number of amides is 1. The normalized spacial score (nSPS) is 14.4. The van der Waals surface area contributed by atoms with Gasteiger partial charge in [0.1, 0.15) is 5.75 Å². The lowest BCUT2D eigenvalue weighted by atomic mass is 10.1. The molecule has 0 saturated carbocycles. The quantitative estimate of drug-likeness (QED) is 0.627. The first-order chi connectivity index (χ1) is 15.0. The Labute approximate surface area is 183 Å². The number of nitrogens with zero attached hydrogens (tertiary/aromatic N) is 3. The average Bonchev–Trinajstić information content (AvgIpc) is 3.31. The molecule has 0 aliphatic carbocycles. The van der Waals surface area contributed by atoms with E-state index in [0.717, 1.165) is 47.0 Å². The van der Waals surface area contributed by atoms with Crippen molar-refractivity contribution in [1.29, 1.82) is 0 Å². The van der Waals surface area contributed by atoms with Crippen LogP contribution in [0.15, 0.2) is 54.6 Å². The van der Waals surface area contributed by atoms with Crippen molar-refractivity contribution in [3.8, 4) is 17.0 Å². The van der Waals surface area contributed by atoms with Crippen LogP contribution in [-0.4, -0.2) is 35.3 Å². The topological polar surface area (TPSA) is 67.3 Å². The van der Waals surface area contributed by atoms with Crippen LogP contribution >= 0.6 is 0 Å². The zero-order valence-corrected chi connectivity index (χ0v) is 18.3. The summed E-state index contributed by atoms with van der Waals surface area (Å²) in [7, 11) is 0. The van der Waals surface area contributed by atoms with E-state index in [4.69, 9.17) is 4.74 Å². The Balaban J connectivity index is 1.43. The third-order valence-corrected chi connectivity index (χ3v) is 5.52. The second kappa shape index (κ2) is 9.16. The third kappa shape index (κ3) is 5.02. The van der Waals surface area contributed by atoms with E-state index in [9.17, 15) is 4.79 Å². The molecule has 0 bridgehead atoms. The number of hydrogen-bond donors (Lipinski definition) is 1. The van der Waals surface area contributed by atoms with E-state index < -0.39 is 6.10 Å². The Morgan fingerprint density at radius 1 is 1.03 bits per heavy atom. The lowest BCUT2D eigenvalue weighted by molar-refractivity contribution is -0.122. The van der Waals surface area contributed by atoms with Gasteiger partial charge in [-0.2, -0.15) is 0 Å². The van der Waals surface area contributed by atoms with Gasteiger partial charge in [0.2, 0.25) is 0 Å². The minimum atomic E-state index is -0.622. The summed E-state index contributed by atoms with van der Waals surface area (Å²) in [5.74, 6) is 1.45. The standard InChI is InChI=1S/C25H28N4O2/c1-17-9-10-18(2)23(15-17)31-19(3)25(30)26-21-8-6-7-20(16-21)22-11-12-24(28-27-22)29-13-4-5-14-29/h6-12,15-16,19H,4-5,13-14H2,1-3H3,(H,26,30). The molecule has 3 aromatic rings. The number of aryl methyl sites for hydroxylation is 2. The largest absolute Gasteiger partial charge is 0.481 e. The van der Waals surface area contributed by atoms with Gasteiger partial charge in [0.05, 0.1) is 5.69 Å². The van der Waals surface area contributed by atoms with E-state index in [-0.39, 0.29) is 5.91 Å². The molecular formula is C25H28N4O2. The molecule has 1 saturated heterocycles. The van der Waals surface area contributed by atoms with Gasteiger partial charge in [-0.15, -0.1) is 10.2 Å². The van der Waals surface area contributed by atoms with Crippen LogP contribution in [0, 0.1) is 13.8 Å². The highest BCUT2D eigenvalue weighted by molar-refractivity contribution is 5.94. The van der Waals surface area contributed by atoms with Gasteiger partial charge in [-0.1, -0.05) is 24.3 Å². The minimum absolute atomic E-state index is 0.200. The van der Waals surface area contributed by atoms with Gasteiger partial charge >= 0.3 is 0 Å². The molecule has 6 nitrogen and oxygen atoms in total. The van der Waals surface area contributed by atoms with Crippen LogP contribution in [0.25, 0.3) is 11.3 Å². The number of ether oxygens (including phenoxy) is 1. The van der Waals surface area contributed by atoms with Crippen LogP contribution in [-0.2, 0) is 4.79 Å². The molecule has 6 heteroatoms. The van der Waals surface area contributed by atoms with E-state index >= 15 is 0 Å². The van der Waals surface area contributed by atoms with Gasteiger partial charge in [-0.05, 0) is 75.1 Å². The highest BCUT2D eigenvalue weighted by atomic mass is 16.5. The Kier molecular flexibility index (Phi) is 6.16. The summed E-state index contributed by atoms with van der Waals surface area (Å²) in [6.07, 6.45) is 1.79. The Bertz CT molecular complexity index is 1060. The zero-order valence-electron chi connectivity index (χ0n) is 18.3. The highest BCUT2D eigenvalue weighted by Gasteiger charge is 2.17. The summed E-state index contributed by atoms with van der Waals surface area (Å²) in [5, 5.41) is 11.7. The van der Waals surface area contributed by atoms with Crippen molar-refractivity contribution in [3.63, 3.8) is 0 Å². The molecule has 1 unspecified atom stereocenters. The number of rotatable bonds is 6. The summed E-state index contributed by atoms with van der Waals surface area (Å²) in [6.45, 7) is 7.81. The van der Waals surface area contributed by atoms with Crippen LogP contribution in [0.5, 0.6) is 5.75 Å². The molecule has 2 aromatic carbocycles. The van der Waals surface area contributed by atoms with Crippen molar-refractivity contribution in [3.05, 3.63) is 65.7 Å². The van der Waals surface area contributed by atoms with Crippen molar-refractivity contribution >= 4 is 17.4 Å². The lowest BCUT2D eigenvalue weighted by Gasteiger charge is -2.17. The molecule has 0 spiro atoms. The monoisotopic (exact) mass is 416 g/mol. The molecule has 1 atom stereocenters. The Morgan fingerprint density at radius 2 is 1.84 bits per heavy atom. The summed E-state index contributed by atoms with van der Waals surface area (Å²) in [4.78, 5) is 14.9. The maximum Gasteiger partial charge on any atom is 0.265 e. The maximum atomic E-state index is 12.7. The molecule has 1 aliphatic heterocycles. The second-order valence-electron chi connectivity index (χ2n) is 8.07. The summed E-state index contributed by atoms with van der Waals surface area (Å²) in [6, 6.07) is 17.6. The fourth-order valence-electron chi connectivity index (χ4n) is 3.67. The van der Waals surface area contributed by atoms with Crippen molar-refractivity contribution in [2.24, 2.45) is 0 Å². The van der Waals surface area contributed by atoms with Gasteiger partial charge in [-0.3, -0.25) is 4.79 Å². The van der Waals surface area contributed by atoms with Crippen LogP contribution < -0.4 is 15.0 Å². The predicted molar refractivity (Wildman–Crippen MR) is 124 cm³/mol. The van der Waals surface area contributed by atoms with Crippen molar-refractivity contribution in [1.82, 2.24) is 10.2 Å². The van der Waals surface area contributed by atoms with Crippen molar-refractivity contribution in [2.45, 2.75) is 39.7 Å². The number of carbonyl (C=O) groups excluding carboxylic acids is 1. The van der Waals surface area contributed by atoms with E-state index in [2.05, 4.69) is 20.4 Å². The summed E-state index contributed by atoms with van der Waals surface area (Å²) in [5.41, 5.74) is 4.48. The lowest BCUT2D eigenvalue weighted by Crippen LogP contribution is -2.30. The maximum absolute atomic E-state index is 12.7. The van der Waals surface area contributed by atoms with Gasteiger partial charge in [-0.25, -0.2) is 0 Å². The molecule has 1 aromatic heterocycles. The van der Waals surface area contributed by atoms with Crippen LogP contribution in [0.1, 0.15) is 30.9 Å². The fraction of sp³-hybridized carbons (Fsp3) is 0.320. The molecule has 31 heavy (non-hydrogen) atoms. The fourth-order valence-corrected chi connectivity index (χ4v) is 3.67. The number of aromatic nitrogens is 2. The van der Waals surface area contributed by atoms with Crippen LogP contribution in [0.4, 0.5) is 11.5 Å². The average molecular weight is 417 g/mol. The minimum Gasteiger partial charge on any atom is -0.481 e. The molecular weight excluding hydrogens is 388 g/mol. The summed E-state index contributed by atoms with van der Waals surface area (Å²) >= 11 is 0. The van der Waals surface area contributed by atoms with E-state index in [0.29, 0.717) is 5.69 Å². The smallest absolute Gasteiger partial charge is 0.265 e. The van der Waals surface area contributed by atoms with Gasteiger partial charge in [0.25, 0.3) is 5.91 Å². The number of nitrogens with one attached hydrogen (secondary N) is 1.